The van der Waals surface area contributed by atoms with Gasteiger partial charge in [-0.15, -0.1) is 0 Å². The fourth-order valence-electron chi connectivity index (χ4n) is 3.07. The summed E-state index contributed by atoms with van der Waals surface area (Å²) in [6, 6.07) is 2.06. The molecule has 4 heteroatoms. The Hall–Kier alpha value is -1.00. The highest BCUT2D eigenvalue weighted by molar-refractivity contribution is 5.12. The van der Waals surface area contributed by atoms with Crippen LogP contribution in [-0.4, -0.2) is 23.6 Å². The fraction of sp³-hybridized carbons (Fsp3) is 0.750. The Morgan fingerprint density at radius 3 is 2.70 bits per heavy atom. The summed E-state index contributed by atoms with van der Waals surface area (Å²) in [4.78, 5) is 9.34. The average molecular weight is 277 g/mol. The van der Waals surface area contributed by atoms with E-state index in [4.69, 9.17) is 9.72 Å². The zero-order chi connectivity index (χ0) is 14.4. The largest absolute Gasteiger partial charge is 0.373 e. The number of methoxy groups -OCH3 is 1. The van der Waals surface area contributed by atoms with Gasteiger partial charge in [0.1, 0.15) is 6.10 Å². The van der Waals surface area contributed by atoms with Gasteiger partial charge in [0.2, 0.25) is 0 Å². The van der Waals surface area contributed by atoms with E-state index in [2.05, 4.69) is 23.3 Å². The van der Waals surface area contributed by atoms with Crippen molar-refractivity contribution in [3.05, 3.63) is 23.3 Å². The van der Waals surface area contributed by atoms with Gasteiger partial charge in [-0.2, -0.15) is 0 Å². The molecule has 4 nitrogen and oxygen atoms in total. The second-order valence-electron chi connectivity index (χ2n) is 5.69. The molecule has 0 radical (unpaired) electrons. The smallest absolute Gasteiger partial charge is 0.157 e. The van der Waals surface area contributed by atoms with E-state index in [1.165, 1.54) is 32.1 Å². The van der Waals surface area contributed by atoms with E-state index in [1.54, 1.807) is 7.11 Å². The minimum absolute atomic E-state index is 0.0515. The molecule has 0 saturated heterocycles. The lowest BCUT2D eigenvalue weighted by molar-refractivity contribution is 0.0286. The number of aryl methyl sites for hydroxylation is 1. The van der Waals surface area contributed by atoms with Crippen LogP contribution in [-0.2, 0) is 11.3 Å². The summed E-state index contributed by atoms with van der Waals surface area (Å²) in [7, 11) is 1.79. The first kappa shape index (κ1) is 15.4. The molecule has 1 aliphatic carbocycles. The van der Waals surface area contributed by atoms with Crippen molar-refractivity contribution < 1.29 is 4.74 Å². The molecular weight excluding hydrogens is 250 g/mol. The highest BCUT2D eigenvalue weighted by Crippen LogP contribution is 2.35. The van der Waals surface area contributed by atoms with Gasteiger partial charge in [-0.3, -0.25) is 0 Å². The van der Waals surface area contributed by atoms with Gasteiger partial charge in [0.05, 0.1) is 5.69 Å². The van der Waals surface area contributed by atoms with Crippen LogP contribution in [0.4, 0.5) is 0 Å². The van der Waals surface area contributed by atoms with Gasteiger partial charge in [-0.1, -0.05) is 26.2 Å². The van der Waals surface area contributed by atoms with Crippen molar-refractivity contribution in [3.63, 3.8) is 0 Å². The summed E-state index contributed by atoms with van der Waals surface area (Å²) in [6.07, 6.45) is 6.49. The number of ether oxygens (including phenoxy) is 1. The molecule has 0 aliphatic heterocycles. The van der Waals surface area contributed by atoms with Gasteiger partial charge in [0.25, 0.3) is 0 Å². The van der Waals surface area contributed by atoms with E-state index in [0.29, 0.717) is 5.92 Å². The summed E-state index contributed by atoms with van der Waals surface area (Å²) < 4.78 is 5.74. The number of nitrogens with one attached hydrogen (secondary N) is 1. The van der Waals surface area contributed by atoms with E-state index < -0.39 is 0 Å². The predicted octanol–water partition coefficient (Wildman–Crippen LogP) is 3.16. The number of nitrogens with zero attached hydrogens (tertiary/aromatic N) is 2. The minimum atomic E-state index is 0.0515. The number of hydrogen-bond donors (Lipinski definition) is 1. The number of hydrogen-bond acceptors (Lipinski definition) is 4. The average Bonchev–Trinajstić information content (AvgIpc) is 2.46. The lowest BCUT2D eigenvalue weighted by atomic mass is 9.85. The monoisotopic (exact) mass is 277 g/mol. The molecule has 1 aliphatic rings. The molecule has 1 atom stereocenters. The summed E-state index contributed by atoms with van der Waals surface area (Å²) in [6.45, 7) is 5.89. The van der Waals surface area contributed by atoms with Gasteiger partial charge in [-0.25, -0.2) is 9.97 Å². The zero-order valence-electron chi connectivity index (χ0n) is 13.0. The van der Waals surface area contributed by atoms with E-state index in [1.807, 2.05) is 6.92 Å². The van der Waals surface area contributed by atoms with Crippen molar-refractivity contribution >= 4 is 0 Å². The lowest BCUT2D eigenvalue weighted by Crippen LogP contribution is -2.22. The topological polar surface area (TPSA) is 47.0 Å². The first-order chi connectivity index (χ1) is 9.74. The Morgan fingerprint density at radius 1 is 1.30 bits per heavy atom. The van der Waals surface area contributed by atoms with Crippen LogP contribution in [0.1, 0.15) is 62.3 Å². The van der Waals surface area contributed by atoms with Crippen molar-refractivity contribution in [2.24, 2.45) is 5.92 Å². The van der Waals surface area contributed by atoms with E-state index in [0.717, 1.165) is 30.3 Å². The molecule has 1 N–H and O–H groups in total. The molecule has 20 heavy (non-hydrogen) atoms. The molecule has 0 amide bonds. The van der Waals surface area contributed by atoms with Crippen LogP contribution in [0.15, 0.2) is 6.07 Å². The molecule has 1 heterocycles. The van der Waals surface area contributed by atoms with Crippen LogP contribution in [0, 0.1) is 12.8 Å². The van der Waals surface area contributed by atoms with E-state index in [9.17, 15) is 0 Å². The molecule has 1 aromatic rings. The predicted molar refractivity (Wildman–Crippen MR) is 80.5 cm³/mol. The van der Waals surface area contributed by atoms with Crippen molar-refractivity contribution in [1.29, 1.82) is 0 Å². The number of rotatable bonds is 6. The summed E-state index contributed by atoms with van der Waals surface area (Å²) in [5.74, 6) is 1.44. The fourth-order valence-corrected chi connectivity index (χ4v) is 3.07. The lowest BCUT2D eigenvalue weighted by Gasteiger charge is -2.28. The van der Waals surface area contributed by atoms with Crippen LogP contribution in [0.2, 0.25) is 0 Å². The Kier molecular flexibility index (Phi) is 5.92. The van der Waals surface area contributed by atoms with E-state index in [-0.39, 0.29) is 6.10 Å². The molecule has 0 bridgehead atoms. The number of aromatic nitrogens is 2. The standard InChI is InChI=1S/C16H27N3O/c1-4-17-11-14-10-12(2)18-16(19-14)15(20-3)13-8-6-5-7-9-13/h10,13,15,17H,4-9,11H2,1-3H3. The van der Waals surface area contributed by atoms with Crippen LogP contribution < -0.4 is 5.32 Å². The summed E-state index contributed by atoms with van der Waals surface area (Å²) >= 11 is 0. The maximum Gasteiger partial charge on any atom is 0.157 e. The van der Waals surface area contributed by atoms with Gasteiger partial charge in [0.15, 0.2) is 5.82 Å². The molecule has 2 rings (SSSR count). The Balaban J connectivity index is 2.17. The molecule has 1 aromatic heterocycles. The normalized spacial score (nSPS) is 18.1. The maximum atomic E-state index is 5.74. The van der Waals surface area contributed by atoms with Crippen molar-refractivity contribution in [1.82, 2.24) is 15.3 Å². The summed E-state index contributed by atoms with van der Waals surface area (Å²) in [5, 5.41) is 3.32. The highest BCUT2D eigenvalue weighted by atomic mass is 16.5. The third kappa shape index (κ3) is 4.00. The minimum Gasteiger partial charge on any atom is -0.373 e. The van der Waals surface area contributed by atoms with Crippen LogP contribution in [0.25, 0.3) is 0 Å². The van der Waals surface area contributed by atoms with Gasteiger partial charge in [-0.05, 0) is 38.3 Å². The van der Waals surface area contributed by atoms with Gasteiger partial charge in [0, 0.05) is 19.3 Å². The molecular formula is C16H27N3O. The van der Waals surface area contributed by atoms with Gasteiger partial charge >= 0.3 is 0 Å². The Bertz CT molecular complexity index is 416. The second kappa shape index (κ2) is 7.70. The quantitative estimate of drug-likeness (QED) is 0.867. The molecule has 1 fully saturated rings. The van der Waals surface area contributed by atoms with Crippen molar-refractivity contribution in [3.8, 4) is 0 Å². The second-order valence-corrected chi connectivity index (χ2v) is 5.69. The zero-order valence-corrected chi connectivity index (χ0v) is 13.0. The molecule has 112 valence electrons. The summed E-state index contributed by atoms with van der Waals surface area (Å²) in [5.41, 5.74) is 2.09. The molecule has 0 spiro atoms. The molecule has 1 unspecified atom stereocenters. The van der Waals surface area contributed by atoms with Crippen LogP contribution in [0.3, 0.4) is 0 Å². The third-order valence-electron chi connectivity index (χ3n) is 4.07. The van der Waals surface area contributed by atoms with Crippen LogP contribution in [0.5, 0.6) is 0 Å². The maximum absolute atomic E-state index is 5.74. The molecule has 0 aromatic carbocycles. The Morgan fingerprint density at radius 2 is 2.05 bits per heavy atom. The van der Waals surface area contributed by atoms with Crippen molar-refractivity contribution in [2.45, 2.75) is 58.6 Å². The first-order valence-electron chi connectivity index (χ1n) is 7.82. The van der Waals surface area contributed by atoms with Gasteiger partial charge < -0.3 is 10.1 Å². The van der Waals surface area contributed by atoms with Crippen molar-refractivity contribution in [2.75, 3.05) is 13.7 Å². The van der Waals surface area contributed by atoms with E-state index >= 15 is 0 Å². The Labute approximate surface area is 122 Å². The highest BCUT2D eigenvalue weighted by Gasteiger charge is 2.27. The molecule has 1 saturated carbocycles. The first-order valence-corrected chi connectivity index (χ1v) is 7.82. The van der Waals surface area contributed by atoms with Crippen LogP contribution >= 0.6 is 0 Å². The third-order valence-corrected chi connectivity index (χ3v) is 4.07. The SMILES string of the molecule is CCNCc1cc(C)nc(C(OC)C2CCCCC2)n1.